The molecule has 4 rings (SSSR count). The summed E-state index contributed by atoms with van der Waals surface area (Å²) in [7, 11) is -3.07. The molecule has 0 aliphatic carbocycles. The van der Waals surface area contributed by atoms with Gasteiger partial charge >= 0.3 is 0 Å². The van der Waals surface area contributed by atoms with E-state index in [0.717, 1.165) is 16.5 Å². The number of carbonyl (C=O) groups excluding carboxylic acids is 1. The minimum atomic E-state index is -3.07. The first-order valence-corrected chi connectivity index (χ1v) is 10.9. The van der Waals surface area contributed by atoms with Gasteiger partial charge in [0.2, 0.25) is 5.91 Å². The second kappa shape index (κ2) is 7.23. The SMILES string of the molecule is O=C(CCc1c[nH]c2ccccc12)N(Cc1ccco1)[C@@H]1CCS(=O)(=O)C1. The van der Waals surface area contributed by atoms with Crippen LogP contribution in [0.4, 0.5) is 0 Å². The van der Waals surface area contributed by atoms with E-state index < -0.39 is 9.84 Å². The second-order valence-corrected chi connectivity index (χ2v) is 9.25. The molecule has 0 saturated carbocycles. The van der Waals surface area contributed by atoms with Gasteiger partial charge in [0.05, 0.1) is 24.3 Å². The van der Waals surface area contributed by atoms with Gasteiger partial charge in [-0.2, -0.15) is 0 Å². The number of aromatic nitrogens is 1. The Kier molecular flexibility index (Phi) is 4.78. The standard InChI is InChI=1S/C20H22N2O4S/c23-20(8-7-15-12-21-19-6-2-1-5-18(15)19)22(13-17-4-3-10-26-17)16-9-11-27(24,25)14-16/h1-6,10,12,16,21H,7-9,11,13-14H2/t16-/m1/s1. The number of carbonyl (C=O) groups is 1. The van der Waals surface area contributed by atoms with Crippen molar-refractivity contribution in [2.75, 3.05) is 11.5 Å². The van der Waals surface area contributed by atoms with Gasteiger partial charge in [-0.25, -0.2) is 8.42 Å². The van der Waals surface area contributed by atoms with Crippen LogP contribution in [-0.2, 0) is 27.6 Å². The zero-order valence-electron chi connectivity index (χ0n) is 14.9. The van der Waals surface area contributed by atoms with Gasteiger partial charge in [-0.05, 0) is 36.6 Å². The minimum Gasteiger partial charge on any atom is -0.467 e. The predicted molar refractivity (Wildman–Crippen MR) is 103 cm³/mol. The number of sulfone groups is 1. The van der Waals surface area contributed by atoms with Crippen molar-refractivity contribution in [1.29, 1.82) is 0 Å². The Labute approximate surface area is 158 Å². The first kappa shape index (κ1) is 17.9. The van der Waals surface area contributed by atoms with E-state index in [1.54, 1.807) is 17.2 Å². The molecule has 1 N–H and O–H groups in total. The van der Waals surface area contributed by atoms with E-state index >= 15 is 0 Å². The fourth-order valence-corrected chi connectivity index (χ4v) is 5.47. The Hall–Kier alpha value is -2.54. The zero-order chi connectivity index (χ0) is 18.9. The van der Waals surface area contributed by atoms with Crippen LogP contribution in [0.25, 0.3) is 10.9 Å². The van der Waals surface area contributed by atoms with Crippen LogP contribution < -0.4 is 0 Å². The van der Waals surface area contributed by atoms with E-state index in [4.69, 9.17) is 4.42 Å². The number of H-pyrrole nitrogens is 1. The van der Waals surface area contributed by atoms with Crippen molar-refractivity contribution in [3.63, 3.8) is 0 Å². The summed E-state index contributed by atoms with van der Waals surface area (Å²) >= 11 is 0. The van der Waals surface area contributed by atoms with Crippen molar-refractivity contribution >= 4 is 26.6 Å². The highest BCUT2D eigenvalue weighted by molar-refractivity contribution is 7.91. The molecule has 6 nitrogen and oxygen atoms in total. The van der Waals surface area contributed by atoms with Gasteiger partial charge < -0.3 is 14.3 Å². The molecule has 0 unspecified atom stereocenters. The van der Waals surface area contributed by atoms with Gasteiger partial charge in [0.25, 0.3) is 0 Å². The number of nitrogens with one attached hydrogen (secondary N) is 1. The molecule has 1 aromatic carbocycles. The third kappa shape index (κ3) is 3.93. The monoisotopic (exact) mass is 386 g/mol. The molecule has 0 radical (unpaired) electrons. The molecule has 1 aliphatic heterocycles. The largest absolute Gasteiger partial charge is 0.467 e. The van der Waals surface area contributed by atoms with Crippen LogP contribution in [0.15, 0.2) is 53.3 Å². The van der Waals surface area contributed by atoms with Gasteiger partial charge in [0, 0.05) is 29.6 Å². The Bertz CT molecular complexity index is 1040. The van der Waals surface area contributed by atoms with Crippen molar-refractivity contribution in [3.05, 3.63) is 60.2 Å². The lowest BCUT2D eigenvalue weighted by Gasteiger charge is -2.27. The maximum Gasteiger partial charge on any atom is 0.223 e. The second-order valence-electron chi connectivity index (χ2n) is 7.02. The van der Waals surface area contributed by atoms with Gasteiger partial charge in [0.15, 0.2) is 9.84 Å². The normalized spacial score (nSPS) is 18.7. The molecule has 1 fully saturated rings. The summed E-state index contributed by atoms with van der Waals surface area (Å²) in [6.45, 7) is 0.305. The molecule has 3 aromatic rings. The fraction of sp³-hybridized carbons (Fsp3) is 0.350. The average Bonchev–Trinajstić information content (AvgIpc) is 3.37. The summed E-state index contributed by atoms with van der Waals surface area (Å²) in [5.41, 5.74) is 2.14. The maximum absolute atomic E-state index is 13.0. The molecule has 27 heavy (non-hydrogen) atoms. The number of hydrogen-bond donors (Lipinski definition) is 1. The molecule has 0 spiro atoms. The van der Waals surface area contributed by atoms with Crippen LogP contribution in [0.3, 0.4) is 0 Å². The van der Waals surface area contributed by atoms with Crippen LogP contribution >= 0.6 is 0 Å². The number of nitrogens with zero attached hydrogens (tertiary/aromatic N) is 1. The van der Waals surface area contributed by atoms with Crippen molar-refractivity contribution < 1.29 is 17.6 Å². The molecular weight excluding hydrogens is 364 g/mol. The number of rotatable bonds is 6. The van der Waals surface area contributed by atoms with Crippen molar-refractivity contribution in [1.82, 2.24) is 9.88 Å². The molecule has 1 saturated heterocycles. The molecule has 1 atom stereocenters. The Balaban J connectivity index is 1.49. The lowest BCUT2D eigenvalue weighted by atomic mass is 10.1. The summed E-state index contributed by atoms with van der Waals surface area (Å²) in [4.78, 5) is 17.9. The molecule has 142 valence electrons. The Morgan fingerprint density at radius 3 is 2.81 bits per heavy atom. The molecule has 3 heterocycles. The number of amides is 1. The number of fused-ring (bicyclic) bond motifs is 1. The lowest BCUT2D eigenvalue weighted by Crippen LogP contribution is -2.40. The summed E-state index contributed by atoms with van der Waals surface area (Å²) in [5.74, 6) is 0.799. The first-order valence-electron chi connectivity index (χ1n) is 9.09. The van der Waals surface area contributed by atoms with E-state index in [2.05, 4.69) is 4.98 Å². The highest BCUT2D eigenvalue weighted by Crippen LogP contribution is 2.23. The Morgan fingerprint density at radius 2 is 2.07 bits per heavy atom. The quantitative estimate of drug-likeness (QED) is 0.706. The van der Waals surface area contributed by atoms with Crippen LogP contribution in [0.5, 0.6) is 0 Å². The zero-order valence-corrected chi connectivity index (χ0v) is 15.7. The smallest absolute Gasteiger partial charge is 0.223 e. The van der Waals surface area contributed by atoms with Crippen LogP contribution in [0.2, 0.25) is 0 Å². The number of para-hydroxylation sites is 1. The maximum atomic E-state index is 13.0. The van der Waals surface area contributed by atoms with Crippen LogP contribution in [0, 0.1) is 0 Å². The van der Waals surface area contributed by atoms with E-state index in [1.807, 2.05) is 36.5 Å². The average molecular weight is 386 g/mol. The molecule has 1 amide bonds. The van der Waals surface area contributed by atoms with E-state index in [0.29, 0.717) is 31.6 Å². The number of hydrogen-bond acceptors (Lipinski definition) is 4. The third-order valence-electron chi connectivity index (χ3n) is 5.16. The highest BCUT2D eigenvalue weighted by atomic mass is 32.2. The molecule has 7 heteroatoms. The van der Waals surface area contributed by atoms with Crippen molar-refractivity contribution in [2.24, 2.45) is 0 Å². The summed E-state index contributed by atoms with van der Waals surface area (Å²) in [6, 6.07) is 11.3. The molecule has 0 bridgehead atoms. The highest BCUT2D eigenvalue weighted by Gasteiger charge is 2.34. The summed E-state index contributed by atoms with van der Waals surface area (Å²) in [5, 5.41) is 1.12. The first-order chi connectivity index (χ1) is 13.0. The Morgan fingerprint density at radius 1 is 1.22 bits per heavy atom. The minimum absolute atomic E-state index is 0.0343. The van der Waals surface area contributed by atoms with E-state index in [-0.39, 0.29) is 23.5 Å². The molecule has 2 aromatic heterocycles. The summed E-state index contributed by atoms with van der Waals surface area (Å²) in [6.07, 6.45) is 4.93. The van der Waals surface area contributed by atoms with Crippen molar-refractivity contribution in [2.45, 2.75) is 31.8 Å². The topological polar surface area (TPSA) is 83.4 Å². The third-order valence-corrected chi connectivity index (χ3v) is 6.91. The molecular formula is C20H22N2O4S. The van der Waals surface area contributed by atoms with Gasteiger partial charge in [-0.1, -0.05) is 18.2 Å². The summed E-state index contributed by atoms with van der Waals surface area (Å²) < 4.78 is 29.2. The lowest BCUT2D eigenvalue weighted by molar-refractivity contribution is -0.134. The van der Waals surface area contributed by atoms with E-state index in [1.165, 1.54) is 0 Å². The number of benzene rings is 1. The predicted octanol–water partition coefficient (Wildman–Crippen LogP) is 2.91. The van der Waals surface area contributed by atoms with Gasteiger partial charge in [-0.15, -0.1) is 0 Å². The number of aromatic amines is 1. The molecule has 1 aliphatic rings. The van der Waals surface area contributed by atoms with Gasteiger partial charge in [-0.3, -0.25) is 4.79 Å². The van der Waals surface area contributed by atoms with Crippen LogP contribution in [0.1, 0.15) is 24.2 Å². The number of aryl methyl sites for hydroxylation is 1. The number of furan rings is 1. The van der Waals surface area contributed by atoms with E-state index in [9.17, 15) is 13.2 Å². The fourth-order valence-electron chi connectivity index (χ4n) is 3.74. The van der Waals surface area contributed by atoms with Crippen molar-refractivity contribution in [3.8, 4) is 0 Å². The van der Waals surface area contributed by atoms with Crippen LogP contribution in [-0.4, -0.2) is 41.8 Å². The van der Waals surface area contributed by atoms with Gasteiger partial charge in [0.1, 0.15) is 5.76 Å².